The summed E-state index contributed by atoms with van der Waals surface area (Å²) in [5, 5.41) is 20.5. The molecule has 0 N–H and O–H groups in total. The van der Waals surface area contributed by atoms with Crippen LogP contribution in [-0.4, -0.2) is 36.0 Å². The normalized spacial score (nSPS) is 9.21. The number of nitro groups is 2. The number of carbonyl (C=O) groups is 2. The Labute approximate surface area is 201 Å². The van der Waals surface area contributed by atoms with Crippen LogP contribution in [0.5, 0.6) is 0 Å². The molecule has 0 aromatic heterocycles. The van der Waals surface area contributed by atoms with Gasteiger partial charge in [0.25, 0.3) is 11.4 Å². The first-order valence-electron chi connectivity index (χ1n) is 8.45. The van der Waals surface area contributed by atoms with Gasteiger partial charge in [-0.15, -0.1) is 0 Å². The van der Waals surface area contributed by atoms with E-state index >= 15 is 0 Å². The Morgan fingerprint density at radius 3 is 1.76 bits per heavy atom. The van der Waals surface area contributed by atoms with Gasteiger partial charge in [0.2, 0.25) is 0 Å². The van der Waals surface area contributed by atoms with Crippen molar-refractivity contribution in [1.82, 2.24) is 0 Å². The van der Waals surface area contributed by atoms with Gasteiger partial charge in [-0.25, -0.2) is 18.4 Å². The first-order chi connectivity index (χ1) is 15.4. The van der Waals surface area contributed by atoms with Crippen LogP contribution < -0.4 is 0 Å². The fourth-order valence-electron chi connectivity index (χ4n) is 1.76. The average molecular weight is 547 g/mol. The van der Waals surface area contributed by atoms with Crippen molar-refractivity contribution < 1.29 is 37.7 Å². The zero-order chi connectivity index (χ0) is 25.6. The highest BCUT2D eigenvalue weighted by Gasteiger charge is 2.09. The number of nitro benzene ring substituents is 2. The summed E-state index contributed by atoms with van der Waals surface area (Å²) < 4.78 is 34.2. The van der Waals surface area contributed by atoms with E-state index in [-0.39, 0.29) is 24.4 Å². The Balaban J connectivity index is 0. The minimum absolute atomic E-state index is 0. The molecule has 2 rings (SSSR count). The largest absolute Gasteiger partial charge is 0.466 e. The number of non-ortho nitro benzene ring substituents is 2. The highest BCUT2D eigenvalue weighted by molar-refractivity contribution is 9.10. The zero-order valence-electron chi connectivity index (χ0n) is 17.2. The molecule has 0 aliphatic heterocycles. The lowest BCUT2D eigenvalue weighted by Gasteiger charge is -1.96. The summed E-state index contributed by atoms with van der Waals surface area (Å²) in [4.78, 5) is 39.8. The summed E-state index contributed by atoms with van der Waals surface area (Å²) >= 11 is 2.94. The standard InChI is InChI=1S/C10H8FNO4.C6H3BrFNO2.C4H6O2.CH4/c1-16-10(13)3-2-7-4-8(11)6-9(5-7)12(14)15;7-4-1-5(8)3-6(2-4)9(10)11;1-3-4(5)6-2;/h2-6H,1H3;1-3H;3H,1H2,2H3;1H4/b3-2+;;;. The van der Waals surface area contributed by atoms with Gasteiger partial charge in [0.15, 0.2) is 0 Å². The molecule has 0 saturated heterocycles. The predicted octanol–water partition coefficient (Wildman–Crippen LogP) is 5.40. The van der Waals surface area contributed by atoms with Crippen molar-refractivity contribution in [3.8, 4) is 0 Å². The molecule has 2 aromatic rings. The van der Waals surface area contributed by atoms with Gasteiger partial charge in [-0.1, -0.05) is 29.9 Å². The number of halogens is 3. The topological polar surface area (TPSA) is 139 Å². The van der Waals surface area contributed by atoms with Crippen LogP contribution >= 0.6 is 15.9 Å². The first-order valence-corrected chi connectivity index (χ1v) is 9.24. The van der Waals surface area contributed by atoms with Gasteiger partial charge in [-0.05, 0) is 23.8 Å². The quantitative estimate of drug-likeness (QED) is 0.210. The van der Waals surface area contributed by atoms with E-state index < -0.39 is 33.4 Å². The van der Waals surface area contributed by atoms with Crippen LogP contribution in [0.4, 0.5) is 20.2 Å². The van der Waals surface area contributed by atoms with Gasteiger partial charge in [-0.3, -0.25) is 20.2 Å². The summed E-state index contributed by atoms with van der Waals surface area (Å²) in [6.45, 7) is 3.16. The lowest BCUT2D eigenvalue weighted by Crippen LogP contribution is -1.94. The molecule has 0 heterocycles. The highest BCUT2D eigenvalue weighted by atomic mass is 79.9. The van der Waals surface area contributed by atoms with Crippen molar-refractivity contribution in [2.24, 2.45) is 0 Å². The molecular weight excluding hydrogens is 526 g/mol. The third kappa shape index (κ3) is 13.4. The summed E-state index contributed by atoms with van der Waals surface area (Å²) in [5.41, 5.74) is -0.404. The minimum atomic E-state index is -0.737. The molecule has 0 radical (unpaired) electrons. The second-order valence-electron chi connectivity index (χ2n) is 5.47. The fraction of sp³-hybridized carbons (Fsp3) is 0.143. The predicted molar refractivity (Wildman–Crippen MR) is 124 cm³/mol. The second kappa shape index (κ2) is 16.6. The maximum absolute atomic E-state index is 12.9. The molecule has 0 aliphatic rings. The summed E-state index contributed by atoms with van der Waals surface area (Å²) in [6, 6.07) is 6.30. The number of ether oxygens (including phenoxy) is 2. The van der Waals surface area contributed by atoms with Crippen LogP contribution in [0.15, 0.2) is 59.6 Å². The summed E-state index contributed by atoms with van der Waals surface area (Å²) in [6.07, 6.45) is 3.40. The Hall–Kier alpha value is -4.00. The van der Waals surface area contributed by atoms with Crippen LogP contribution in [0, 0.1) is 31.9 Å². The van der Waals surface area contributed by atoms with Crippen LogP contribution in [0.1, 0.15) is 13.0 Å². The molecule has 2 aromatic carbocycles. The molecule has 0 atom stereocenters. The van der Waals surface area contributed by atoms with E-state index in [4.69, 9.17) is 0 Å². The summed E-state index contributed by atoms with van der Waals surface area (Å²) in [5.74, 6) is -2.37. The van der Waals surface area contributed by atoms with Gasteiger partial charge in [0, 0.05) is 28.8 Å². The van der Waals surface area contributed by atoms with Gasteiger partial charge < -0.3 is 9.47 Å². The van der Waals surface area contributed by atoms with Crippen molar-refractivity contribution in [3.05, 3.63) is 97.0 Å². The molecule has 0 spiro atoms. The minimum Gasteiger partial charge on any atom is -0.466 e. The number of hydrogen-bond donors (Lipinski definition) is 0. The summed E-state index contributed by atoms with van der Waals surface area (Å²) in [7, 11) is 2.50. The third-order valence-electron chi connectivity index (χ3n) is 3.15. The van der Waals surface area contributed by atoms with E-state index in [1.807, 2.05) is 0 Å². The van der Waals surface area contributed by atoms with Crippen molar-refractivity contribution in [1.29, 1.82) is 0 Å². The molecule has 0 aliphatic carbocycles. The number of esters is 2. The first kappa shape index (κ1) is 32.2. The van der Waals surface area contributed by atoms with Gasteiger partial charge in [-0.2, -0.15) is 0 Å². The fourth-order valence-corrected chi connectivity index (χ4v) is 2.21. The van der Waals surface area contributed by atoms with E-state index in [9.17, 15) is 38.6 Å². The van der Waals surface area contributed by atoms with E-state index in [2.05, 4.69) is 32.0 Å². The zero-order valence-corrected chi connectivity index (χ0v) is 18.8. The molecular formula is C21H21BrF2N2O8. The molecule has 13 heteroatoms. The molecule has 184 valence electrons. The number of methoxy groups -OCH3 is 2. The number of carbonyl (C=O) groups excluding carboxylic acids is 2. The van der Waals surface area contributed by atoms with Gasteiger partial charge in [0.05, 0.1) is 36.2 Å². The Morgan fingerprint density at radius 1 is 0.912 bits per heavy atom. The van der Waals surface area contributed by atoms with E-state index in [0.717, 1.165) is 42.5 Å². The van der Waals surface area contributed by atoms with Crippen molar-refractivity contribution in [2.75, 3.05) is 14.2 Å². The molecule has 34 heavy (non-hydrogen) atoms. The van der Waals surface area contributed by atoms with Crippen LogP contribution in [0.3, 0.4) is 0 Å². The van der Waals surface area contributed by atoms with Crippen molar-refractivity contribution >= 4 is 45.3 Å². The van der Waals surface area contributed by atoms with Crippen LogP contribution in [0.25, 0.3) is 6.08 Å². The van der Waals surface area contributed by atoms with E-state index in [1.54, 1.807) is 0 Å². The highest BCUT2D eigenvalue weighted by Crippen LogP contribution is 2.20. The van der Waals surface area contributed by atoms with Gasteiger partial charge in [0.1, 0.15) is 11.6 Å². The Morgan fingerprint density at radius 2 is 1.38 bits per heavy atom. The second-order valence-corrected chi connectivity index (χ2v) is 6.38. The van der Waals surface area contributed by atoms with Crippen LogP contribution in [0.2, 0.25) is 0 Å². The molecule has 10 nitrogen and oxygen atoms in total. The maximum Gasteiger partial charge on any atom is 0.330 e. The van der Waals surface area contributed by atoms with Crippen molar-refractivity contribution in [3.63, 3.8) is 0 Å². The number of hydrogen-bond acceptors (Lipinski definition) is 8. The maximum atomic E-state index is 12.9. The van der Waals surface area contributed by atoms with Crippen LogP contribution in [-0.2, 0) is 19.1 Å². The molecule has 0 fully saturated rings. The molecule has 0 unspecified atom stereocenters. The monoisotopic (exact) mass is 546 g/mol. The lowest BCUT2D eigenvalue weighted by atomic mass is 10.2. The molecule has 0 bridgehead atoms. The number of benzene rings is 2. The Bertz CT molecular complexity index is 1040. The molecule has 0 amide bonds. The van der Waals surface area contributed by atoms with Gasteiger partial charge >= 0.3 is 11.9 Å². The number of rotatable bonds is 5. The van der Waals surface area contributed by atoms with E-state index in [0.29, 0.717) is 4.47 Å². The SMILES string of the molecule is C.C=CC(=O)OC.COC(=O)/C=C/c1cc(F)cc([N+](=O)[O-])c1.O=[N+]([O-])c1cc(F)cc(Br)c1. The Kier molecular flexibility index (Phi) is 15.7. The average Bonchev–Trinajstić information content (AvgIpc) is 2.76. The number of nitrogens with zero attached hydrogens (tertiary/aromatic N) is 2. The third-order valence-corrected chi connectivity index (χ3v) is 3.61. The van der Waals surface area contributed by atoms with E-state index in [1.165, 1.54) is 26.4 Å². The smallest absolute Gasteiger partial charge is 0.330 e. The van der Waals surface area contributed by atoms with Crippen molar-refractivity contribution in [2.45, 2.75) is 7.43 Å². The molecule has 0 saturated carbocycles. The lowest BCUT2D eigenvalue weighted by molar-refractivity contribution is -0.385.